The van der Waals surface area contributed by atoms with Gasteiger partial charge in [-0.25, -0.2) is 4.98 Å². The first kappa shape index (κ1) is 19.0. The maximum absolute atomic E-state index is 12.7. The van der Waals surface area contributed by atoms with Gasteiger partial charge in [0.25, 0.3) is 5.91 Å². The molecule has 1 fully saturated rings. The number of carbonyl (C=O) groups is 1. The summed E-state index contributed by atoms with van der Waals surface area (Å²) in [6.07, 6.45) is 3.32. The number of thiophene rings is 1. The fourth-order valence-electron chi connectivity index (χ4n) is 3.50. The number of pyridine rings is 1. The largest absolute Gasteiger partial charge is 0.395 e. The van der Waals surface area contributed by atoms with Crippen LogP contribution in [0.15, 0.2) is 30.6 Å². The lowest BCUT2D eigenvalue weighted by Gasteiger charge is -2.33. The van der Waals surface area contributed by atoms with Crippen molar-refractivity contribution in [3.8, 4) is 0 Å². The van der Waals surface area contributed by atoms with E-state index in [2.05, 4.69) is 20.3 Å². The van der Waals surface area contributed by atoms with Crippen LogP contribution in [-0.4, -0.2) is 63.5 Å². The first-order valence-electron chi connectivity index (χ1n) is 9.24. The number of aliphatic hydroxyl groups is 1. The summed E-state index contributed by atoms with van der Waals surface area (Å²) in [4.78, 5) is 20.9. The number of aliphatic hydroxyl groups excluding tert-OH is 1. The molecule has 1 amide bonds. The first-order chi connectivity index (χ1) is 13.7. The van der Waals surface area contributed by atoms with Crippen LogP contribution in [-0.2, 0) is 18.3 Å². The normalized spacial score (nSPS) is 17.9. The molecule has 1 aliphatic rings. The lowest BCUT2D eigenvalue weighted by atomic mass is 10.0. The molecule has 9 heteroatoms. The van der Waals surface area contributed by atoms with Crippen LogP contribution in [0, 0.1) is 0 Å². The minimum Gasteiger partial charge on any atom is -0.395 e. The summed E-state index contributed by atoms with van der Waals surface area (Å²) >= 11 is 1.37. The van der Waals surface area contributed by atoms with E-state index in [1.54, 1.807) is 12.4 Å². The van der Waals surface area contributed by atoms with Gasteiger partial charge in [-0.3, -0.25) is 14.4 Å². The summed E-state index contributed by atoms with van der Waals surface area (Å²) in [7, 11) is 1.94. The van der Waals surface area contributed by atoms with Crippen molar-refractivity contribution in [2.75, 3.05) is 32.8 Å². The van der Waals surface area contributed by atoms with Crippen LogP contribution in [0.1, 0.15) is 27.0 Å². The Balaban J connectivity index is 1.63. The molecule has 1 unspecified atom stereocenters. The molecule has 8 nitrogen and oxygen atoms in total. The van der Waals surface area contributed by atoms with E-state index in [1.165, 1.54) is 11.3 Å². The molecule has 1 saturated heterocycles. The quantitative estimate of drug-likeness (QED) is 0.647. The van der Waals surface area contributed by atoms with Crippen molar-refractivity contribution < 1.29 is 14.6 Å². The zero-order valence-electron chi connectivity index (χ0n) is 15.7. The summed E-state index contributed by atoms with van der Waals surface area (Å²) in [6.45, 7) is 3.02. The molecule has 0 bridgehead atoms. The highest BCUT2D eigenvalue weighted by Crippen LogP contribution is 2.37. The minimum absolute atomic E-state index is 0.0946. The van der Waals surface area contributed by atoms with E-state index in [9.17, 15) is 4.79 Å². The standard InChI is InChI=1S/C19H23N5O3S/c1-23-13(4-6-22-23)11-24-8-10-27-15(12-24)16-14-3-2-5-21-19(14)28-17(16)18(26)20-7-9-25/h2-6,15,25H,7-12H2,1H3,(H,20,26). The van der Waals surface area contributed by atoms with E-state index in [-0.39, 0.29) is 25.2 Å². The lowest BCUT2D eigenvalue weighted by Crippen LogP contribution is -2.39. The van der Waals surface area contributed by atoms with E-state index < -0.39 is 0 Å². The summed E-state index contributed by atoms with van der Waals surface area (Å²) in [5, 5.41) is 17.0. The second-order valence-corrected chi connectivity index (χ2v) is 7.72. The predicted molar refractivity (Wildman–Crippen MR) is 106 cm³/mol. The highest BCUT2D eigenvalue weighted by molar-refractivity contribution is 7.20. The maximum atomic E-state index is 12.7. The average Bonchev–Trinajstić information content (AvgIpc) is 3.30. The molecule has 0 saturated carbocycles. The van der Waals surface area contributed by atoms with E-state index in [0.717, 1.165) is 34.6 Å². The third-order valence-corrected chi connectivity index (χ3v) is 6.02. The van der Waals surface area contributed by atoms with Gasteiger partial charge in [0.1, 0.15) is 9.71 Å². The molecular formula is C19H23N5O3S. The number of nitrogens with zero attached hydrogens (tertiary/aromatic N) is 4. The maximum Gasteiger partial charge on any atom is 0.261 e. The minimum atomic E-state index is -0.213. The summed E-state index contributed by atoms with van der Waals surface area (Å²) in [6, 6.07) is 5.88. The van der Waals surface area contributed by atoms with E-state index in [1.807, 2.05) is 29.9 Å². The molecular weight excluding hydrogens is 378 g/mol. The Labute approximate surface area is 166 Å². The topological polar surface area (TPSA) is 92.5 Å². The number of carbonyl (C=O) groups excluding carboxylic acids is 1. The number of fused-ring (bicyclic) bond motifs is 1. The Morgan fingerprint density at radius 1 is 1.43 bits per heavy atom. The van der Waals surface area contributed by atoms with Gasteiger partial charge < -0.3 is 15.2 Å². The second kappa shape index (κ2) is 8.36. The van der Waals surface area contributed by atoms with Gasteiger partial charge >= 0.3 is 0 Å². The van der Waals surface area contributed by atoms with Crippen molar-refractivity contribution in [1.29, 1.82) is 0 Å². The Hall–Kier alpha value is -2.33. The van der Waals surface area contributed by atoms with Gasteiger partial charge in [0, 0.05) is 56.6 Å². The third kappa shape index (κ3) is 3.79. The van der Waals surface area contributed by atoms with Gasteiger partial charge in [0.15, 0.2) is 0 Å². The van der Waals surface area contributed by atoms with Gasteiger partial charge in [-0.1, -0.05) is 6.07 Å². The number of aryl methyl sites for hydroxylation is 1. The van der Waals surface area contributed by atoms with Gasteiger partial charge in [-0.15, -0.1) is 11.3 Å². The Kier molecular flexibility index (Phi) is 5.67. The molecule has 28 heavy (non-hydrogen) atoms. The number of aromatic nitrogens is 3. The average molecular weight is 401 g/mol. The van der Waals surface area contributed by atoms with Gasteiger partial charge in [0.05, 0.1) is 25.0 Å². The van der Waals surface area contributed by atoms with Gasteiger partial charge in [-0.05, 0) is 12.1 Å². The van der Waals surface area contributed by atoms with Crippen molar-refractivity contribution >= 4 is 27.5 Å². The molecule has 1 atom stereocenters. The number of rotatable bonds is 6. The Morgan fingerprint density at radius 3 is 3.11 bits per heavy atom. The number of nitrogens with one attached hydrogen (secondary N) is 1. The molecule has 2 N–H and O–H groups in total. The van der Waals surface area contributed by atoms with E-state index in [4.69, 9.17) is 9.84 Å². The molecule has 1 aliphatic heterocycles. The lowest BCUT2D eigenvalue weighted by molar-refractivity contribution is -0.0329. The van der Waals surface area contributed by atoms with Gasteiger partial charge in [0.2, 0.25) is 0 Å². The number of ether oxygens (including phenoxy) is 1. The Morgan fingerprint density at radius 2 is 2.32 bits per heavy atom. The van der Waals surface area contributed by atoms with Crippen molar-refractivity contribution in [3.05, 3.63) is 46.7 Å². The highest BCUT2D eigenvalue weighted by Gasteiger charge is 2.30. The summed E-state index contributed by atoms with van der Waals surface area (Å²) < 4.78 is 7.97. The third-order valence-electron chi connectivity index (χ3n) is 4.89. The fourth-order valence-corrected chi connectivity index (χ4v) is 4.61. The molecule has 4 rings (SSSR count). The van der Waals surface area contributed by atoms with Crippen LogP contribution in [0.2, 0.25) is 0 Å². The number of hydrogen-bond donors (Lipinski definition) is 2. The molecule has 3 aromatic heterocycles. The molecule has 3 aromatic rings. The van der Waals surface area contributed by atoms with Crippen LogP contribution in [0.3, 0.4) is 0 Å². The molecule has 0 aliphatic carbocycles. The zero-order chi connectivity index (χ0) is 19.5. The van der Waals surface area contributed by atoms with Crippen LogP contribution >= 0.6 is 11.3 Å². The fraction of sp³-hybridized carbons (Fsp3) is 0.421. The van der Waals surface area contributed by atoms with E-state index in [0.29, 0.717) is 18.0 Å². The number of amides is 1. The van der Waals surface area contributed by atoms with Crippen molar-refractivity contribution in [3.63, 3.8) is 0 Å². The predicted octanol–water partition coefficient (Wildman–Crippen LogP) is 1.33. The zero-order valence-corrected chi connectivity index (χ0v) is 16.5. The number of hydrogen-bond acceptors (Lipinski definition) is 7. The smallest absolute Gasteiger partial charge is 0.261 e. The van der Waals surface area contributed by atoms with Crippen molar-refractivity contribution in [2.24, 2.45) is 7.05 Å². The highest BCUT2D eigenvalue weighted by atomic mass is 32.1. The van der Waals surface area contributed by atoms with Crippen molar-refractivity contribution in [2.45, 2.75) is 12.6 Å². The van der Waals surface area contributed by atoms with Gasteiger partial charge in [-0.2, -0.15) is 5.10 Å². The SMILES string of the molecule is Cn1nccc1CN1CCOC(c2c(C(=O)NCCO)sc3ncccc23)C1. The summed E-state index contributed by atoms with van der Waals surface area (Å²) in [5.41, 5.74) is 2.02. The number of morpholine rings is 1. The van der Waals surface area contributed by atoms with E-state index >= 15 is 0 Å². The molecule has 0 aromatic carbocycles. The van der Waals surface area contributed by atoms with Crippen LogP contribution in [0.4, 0.5) is 0 Å². The molecule has 0 radical (unpaired) electrons. The Bertz CT molecular complexity index is 970. The van der Waals surface area contributed by atoms with Crippen LogP contribution in [0.5, 0.6) is 0 Å². The monoisotopic (exact) mass is 401 g/mol. The van der Waals surface area contributed by atoms with Crippen LogP contribution in [0.25, 0.3) is 10.2 Å². The molecule has 148 valence electrons. The van der Waals surface area contributed by atoms with Crippen molar-refractivity contribution in [1.82, 2.24) is 25.0 Å². The second-order valence-electron chi connectivity index (χ2n) is 6.72. The van der Waals surface area contributed by atoms with Crippen LogP contribution < -0.4 is 5.32 Å². The molecule has 0 spiro atoms. The summed E-state index contributed by atoms with van der Waals surface area (Å²) in [5.74, 6) is -0.195. The first-order valence-corrected chi connectivity index (χ1v) is 10.1. The molecule has 4 heterocycles.